The highest BCUT2D eigenvalue weighted by atomic mass is 16.6. The molecule has 0 radical (unpaired) electrons. The molecule has 0 atom stereocenters. The van der Waals surface area contributed by atoms with E-state index >= 15 is 0 Å². The smallest absolute Gasteiger partial charge is 0.343 e. The Hall–Kier alpha value is -14.2. The molecule has 0 spiro atoms. The Morgan fingerprint density at radius 1 is 0.297 bits per heavy atom. The Labute approximate surface area is 687 Å². The Balaban J connectivity index is 0.000000285. The second kappa shape index (κ2) is 52.2. The van der Waals surface area contributed by atoms with Crippen LogP contribution < -0.4 is 42.6 Å². The number of hydrogen-bond acceptors (Lipinski definition) is 23. The summed E-state index contributed by atoms with van der Waals surface area (Å²) in [6.07, 6.45) is 19.0. The van der Waals surface area contributed by atoms with Gasteiger partial charge in [-0.15, -0.1) is 0 Å². The lowest BCUT2D eigenvalue weighted by Gasteiger charge is -2.10. The van der Waals surface area contributed by atoms with Crippen LogP contribution in [0.15, 0.2) is 275 Å². The zero-order valence-electron chi connectivity index (χ0n) is 66.4. The number of rotatable bonds is 45. The number of carbonyl (C=O) groups is 10. The Bertz CT molecular complexity index is 4740. The summed E-state index contributed by atoms with van der Waals surface area (Å²) in [4.78, 5) is 117. The molecule has 614 valence electrons. The van der Waals surface area contributed by atoms with Crippen molar-refractivity contribution in [3.8, 4) is 62.9 Å². The molecule has 0 unspecified atom stereocenters. The van der Waals surface area contributed by atoms with Crippen molar-refractivity contribution in [2.75, 3.05) is 52.9 Å². The number of allylic oxidation sites excluding steroid dienone is 1. The van der Waals surface area contributed by atoms with Crippen molar-refractivity contribution in [3.63, 3.8) is 0 Å². The fraction of sp³-hybridized carbons (Fsp3) is 0.221. The van der Waals surface area contributed by atoms with Crippen LogP contribution in [0, 0.1) is 6.92 Å². The van der Waals surface area contributed by atoms with Crippen LogP contribution in [0.5, 0.6) is 51.7 Å². The molecule has 23 heteroatoms. The minimum atomic E-state index is -0.553. The van der Waals surface area contributed by atoms with E-state index in [0.717, 1.165) is 111 Å². The number of carbonyl (C=O) groups excluding carboxylic acids is 10. The van der Waals surface area contributed by atoms with Crippen LogP contribution in [0.4, 0.5) is 0 Å². The van der Waals surface area contributed by atoms with Crippen LogP contribution in [0.25, 0.3) is 23.3 Å². The monoisotopic (exact) mass is 1600 g/mol. The Morgan fingerprint density at radius 3 is 1.00 bits per heavy atom. The van der Waals surface area contributed by atoms with Gasteiger partial charge in [0.25, 0.3) is 0 Å². The van der Waals surface area contributed by atoms with Crippen LogP contribution in [0.1, 0.15) is 126 Å². The van der Waals surface area contributed by atoms with Crippen LogP contribution in [0.2, 0.25) is 0 Å². The predicted molar refractivity (Wildman–Crippen MR) is 447 cm³/mol. The minimum Gasteiger partial charge on any atom is -0.494 e. The summed E-state index contributed by atoms with van der Waals surface area (Å²) in [5.74, 6) is 0.0455. The van der Waals surface area contributed by atoms with Crippen LogP contribution in [-0.2, 0) is 52.5 Å². The summed E-state index contributed by atoms with van der Waals surface area (Å²) in [5, 5.41) is 0. The molecule has 0 aliphatic rings. The van der Waals surface area contributed by atoms with Gasteiger partial charge in [0.05, 0.1) is 50.8 Å². The van der Waals surface area contributed by atoms with Crippen molar-refractivity contribution in [1.29, 1.82) is 0 Å². The first-order valence-corrected chi connectivity index (χ1v) is 37.8. The number of aryl methyl sites for hydroxylation is 1. The van der Waals surface area contributed by atoms with E-state index in [9.17, 15) is 47.9 Å². The van der Waals surface area contributed by atoms with Crippen molar-refractivity contribution in [1.82, 2.24) is 0 Å². The lowest BCUT2D eigenvalue weighted by Crippen LogP contribution is -2.10. The van der Waals surface area contributed by atoms with E-state index in [1.165, 1.54) is 12.2 Å². The summed E-state index contributed by atoms with van der Waals surface area (Å²) >= 11 is 0. The zero-order chi connectivity index (χ0) is 85.2. The van der Waals surface area contributed by atoms with Crippen molar-refractivity contribution >= 4 is 71.7 Å². The molecule has 0 N–H and O–H groups in total. The average molecular weight is 1610 g/mol. The molecular weight excluding hydrogens is 1510 g/mol. The molecule has 0 amide bonds. The molecule has 0 fully saturated rings. The second-order valence-electron chi connectivity index (χ2n) is 25.7. The molecule has 0 saturated heterocycles. The third-order valence-electron chi connectivity index (χ3n) is 16.3. The van der Waals surface area contributed by atoms with Gasteiger partial charge in [-0.1, -0.05) is 94.1 Å². The predicted octanol–water partition coefficient (Wildman–Crippen LogP) is 18.3. The maximum Gasteiger partial charge on any atom is 0.343 e. The van der Waals surface area contributed by atoms with Gasteiger partial charge in [0.15, 0.2) is 5.78 Å². The average Bonchev–Trinajstić information content (AvgIpc) is 0.843. The Kier molecular flexibility index (Phi) is 41.0. The van der Waals surface area contributed by atoms with E-state index in [-0.39, 0.29) is 19.0 Å². The summed E-state index contributed by atoms with van der Waals surface area (Å²) in [6.45, 7) is 28.4. The van der Waals surface area contributed by atoms with Gasteiger partial charge in [0, 0.05) is 47.1 Å². The molecule has 0 bridgehead atoms. The van der Waals surface area contributed by atoms with Gasteiger partial charge in [0.2, 0.25) is 0 Å². The first kappa shape index (κ1) is 92.6. The van der Waals surface area contributed by atoms with E-state index in [1.54, 1.807) is 160 Å². The van der Waals surface area contributed by atoms with Gasteiger partial charge >= 0.3 is 53.7 Å². The van der Waals surface area contributed by atoms with Crippen LogP contribution in [0.3, 0.4) is 0 Å². The Morgan fingerprint density at radius 2 is 0.602 bits per heavy atom. The summed E-state index contributed by atoms with van der Waals surface area (Å²) in [5.41, 5.74) is 5.96. The van der Waals surface area contributed by atoms with Gasteiger partial charge in [-0.2, -0.15) is 0 Å². The molecule has 23 nitrogen and oxygen atoms in total. The van der Waals surface area contributed by atoms with E-state index in [2.05, 4.69) is 39.5 Å². The van der Waals surface area contributed by atoms with E-state index < -0.39 is 53.7 Å². The molecule has 0 saturated carbocycles. The molecule has 8 aromatic rings. The van der Waals surface area contributed by atoms with Gasteiger partial charge in [-0.05, 0) is 264 Å². The van der Waals surface area contributed by atoms with E-state index in [0.29, 0.717) is 125 Å². The third kappa shape index (κ3) is 36.3. The first-order valence-electron chi connectivity index (χ1n) is 37.8. The number of benzene rings is 8. The maximum atomic E-state index is 12.7. The third-order valence-corrected chi connectivity index (χ3v) is 16.3. The quantitative estimate of drug-likeness (QED) is 0.00855. The van der Waals surface area contributed by atoms with Gasteiger partial charge in [-0.3, -0.25) is 4.79 Å². The molecule has 8 rings (SSSR count). The second-order valence-corrected chi connectivity index (χ2v) is 25.7. The summed E-state index contributed by atoms with van der Waals surface area (Å²) < 4.78 is 69.1. The summed E-state index contributed by atoms with van der Waals surface area (Å²) in [6, 6.07) is 53.2. The lowest BCUT2D eigenvalue weighted by atomic mass is 10.1. The lowest BCUT2D eigenvalue weighted by molar-refractivity contribution is -0.139. The number of unbranched alkanes of at least 4 members (excludes halogenated alkanes) is 7. The molecular formula is C95H96O23. The van der Waals surface area contributed by atoms with Crippen molar-refractivity contribution in [2.24, 2.45) is 0 Å². The van der Waals surface area contributed by atoms with Crippen LogP contribution in [-0.4, -0.2) is 112 Å². The fourth-order valence-corrected chi connectivity index (χ4v) is 9.88. The molecule has 118 heavy (non-hydrogen) atoms. The maximum absolute atomic E-state index is 12.7. The van der Waals surface area contributed by atoms with Gasteiger partial charge < -0.3 is 61.6 Å². The number of ketones is 1. The van der Waals surface area contributed by atoms with Crippen molar-refractivity contribution in [2.45, 2.75) is 85.0 Å². The zero-order valence-corrected chi connectivity index (χ0v) is 66.4. The highest BCUT2D eigenvalue weighted by Gasteiger charge is 2.16. The number of hydrogen-bond donors (Lipinski definition) is 0. The first-order chi connectivity index (χ1) is 57.0. The van der Waals surface area contributed by atoms with Crippen molar-refractivity contribution in [3.05, 3.63) is 309 Å². The highest BCUT2D eigenvalue weighted by molar-refractivity contribution is 6.07. The standard InChI is InChI=1S/C39H42O10.C33H34O8.C23H20O5/c1-4-36(40)46-26-10-6-8-24-44-32-17-12-30(13-18-32)14-23-38(42)49-35-22-21-34(28-29(35)3)48-39(43)31-15-19-33(20-16-31)45-25-9-7-11-27-47-37(41)5-2;1-3-31(34)39-22-8-6-5-7-21-37-28-17-13-27(14-18-28)33(36)41-30-19-11-26(12-20-30)25-9-15-29(16-10-25)38-23-24-40-32(35)4-2;1-15(2)22(25)27-19-10-5-17(6-11-19)7-14-21(24)18-8-12-20(13-9-18)28-23(26)16(3)4/h4-5,12-23,28H,1-2,6-11,24-27H2,3H3;3-4,9-20H,1-2,5-8,21-24H2;5-14H,1,3H2,2,4H3/b23-14+;;14-7+. The molecule has 0 aliphatic carbocycles. The SMILES string of the molecule is C=C(C)C(=O)Oc1ccc(/C=C/C(=O)c2ccc(OC(=O)C(=C)C)cc2)cc1.C=CC(=O)OCCCCCCOc1ccc(C(=O)Oc2ccc(-c3ccc(OCCOC(=O)C=C)cc3)cc2)cc1.C=CC(=O)OCCCCCOc1ccc(/C=C/C(=O)Oc2ccc(OC(=O)c3ccc(OCCCCCOC(=O)C=C)cc3)cc2C)cc1. The molecule has 0 heterocycles. The van der Waals surface area contributed by atoms with Crippen molar-refractivity contribution < 1.29 is 110 Å². The number of ether oxygens (including phenoxy) is 13. The molecule has 0 aliphatic heterocycles. The van der Waals surface area contributed by atoms with Gasteiger partial charge in [0.1, 0.15) is 65.0 Å². The van der Waals surface area contributed by atoms with E-state index in [4.69, 9.17) is 61.6 Å². The largest absolute Gasteiger partial charge is 0.494 e. The molecule has 0 aromatic heterocycles. The topological polar surface area (TPSA) is 291 Å². The normalized spacial score (nSPS) is 10.4. The molecule has 8 aromatic carbocycles. The summed E-state index contributed by atoms with van der Waals surface area (Å²) in [7, 11) is 0. The van der Waals surface area contributed by atoms with E-state index in [1.807, 2.05) is 60.7 Å². The van der Waals surface area contributed by atoms with Gasteiger partial charge in [-0.25, -0.2) is 43.2 Å². The minimum absolute atomic E-state index is 0.144. The highest BCUT2D eigenvalue weighted by Crippen LogP contribution is 2.28. The fourth-order valence-electron chi connectivity index (χ4n) is 9.88. The van der Waals surface area contributed by atoms with Crippen LogP contribution >= 0.6 is 0 Å². The number of esters is 9.